The van der Waals surface area contributed by atoms with Gasteiger partial charge in [0.1, 0.15) is 0 Å². The molecular formula is C18H15N3S. The molecule has 0 atom stereocenters. The predicted octanol–water partition coefficient (Wildman–Crippen LogP) is 4.39. The number of imidazole rings is 1. The molecule has 0 N–H and O–H groups in total. The first-order valence-electron chi connectivity index (χ1n) is 7.00. The number of thioether (sulfide) groups is 1. The summed E-state index contributed by atoms with van der Waals surface area (Å²) in [6, 6.07) is 18.0. The van der Waals surface area contributed by atoms with Crippen LogP contribution in [0.1, 0.15) is 11.1 Å². The van der Waals surface area contributed by atoms with Crippen molar-refractivity contribution in [2.24, 2.45) is 0 Å². The summed E-state index contributed by atoms with van der Waals surface area (Å²) < 4.78 is 2.17. The van der Waals surface area contributed by atoms with Crippen molar-refractivity contribution in [1.29, 1.82) is 5.26 Å². The van der Waals surface area contributed by atoms with Crippen molar-refractivity contribution in [1.82, 2.24) is 9.55 Å². The second-order valence-corrected chi connectivity index (χ2v) is 5.83. The number of fused-ring (bicyclic) bond motifs is 1. The average molecular weight is 305 g/mol. The minimum absolute atomic E-state index is 0.692. The van der Waals surface area contributed by atoms with E-state index in [2.05, 4.69) is 23.3 Å². The maximum Gasteiger partial charge on any atom is 0.169 e. The Morgan fingerprint density at radius 3 is 2.91 bits per heavy atom. The van der Waals surface area contributed by atoms with Gasteiger partial charge in [0.25, 0.3) is 0 Å². The van der Waals surface area contributed by atoms with Crippen LogP contribution in [0.5, 0.6) is 0 Å². The van der Waals surface area contributed by atoms with Gasteiger partial charge in [0.05, 0.1) is 22.7 Å². The molecule has 0 aliphatic rings. The number of hydrogen-bond acceptors (Lipinski definition) is 3. The van der Waals surface area contributed by atoms with Gasteiger partial charge in [-0.05, 0) is 29.8 Å². The molecule has 1 heterocycles. The maximum absolute atomic E-state index is 8.97. The van der Waals surface area contributed by atoms with E-state index in [1.807, 2.05) is 48.5 Å². The Bertz CT molecular complexity index is 858. The molecule has 4 heteroatoms. The normalized spacial score (nSPS) is 10.5. The fourth-order valence-corrected chi connectivity index (χ4v) is 3.31. The molecule has 1 aromatic heterocycles. The second-order valence-electron chi connectivity index (χ2n) is 4.88. The van der Waals surface area contributed by atoms with Crippen molar-refractivity contribution in [2.75, 3.05) is 0 Å². The van der Waals surface area contributed by atoms with E-state index >= 15 is 0 Å². The number of nitriles is 1. The fourth-order valence-electron chi connectivity index (χ4n) is 2.35. The third-order valence-corrected chi connectivity index (χ3v) is 4.40. The summed E-state index contributed by atoms with van der Waals surface area (Å²) in [4.78, 5) is 4.70. The maximum atomic E-state index is 8.97. The third kappa shape index (κ3) is 2.90. The van der Waals surface area contributed by atoms with E-state index in [-0.39, 0.29) is 0 Å². The number of benzene rings is 2. The average Bonchev–Trinajstić information content (AvgIpc) is 2.91. The molecule has 0 saturated carbocycles. The molecule has 0 radical (unpaired) electrons. The van der Waals surface area contributed by atoms with Gasteiger partial charge in [-0.2, -0.15) is 5.26 Å². The Kier molecular flexibility index (Phi) is 4.27. The van der Waals surface area contributed by atoms with E-state index < -0.39 is 0 Å². The number of allylic oxidation sites excluding steroid dienone is 1. The molecule has 108 valence electrons. The van der Waals surface area contributed by atoms with Gasteiger partial charge in [0.2, 0.25) is 0 Å². The van der Waals surface area contributed by atoms with Crippen LogP contribution in [0.4, 0.5) is 0 Å². The van der Waals surface area contributed by atoms with Gasteiger partial charge in [-0.25, -0.2) is 4.98 Å². The Balaban J connectivity index is 1.88. The molecule has 2 aromatic carbocycles. The molecule has 0 fully saturated rings. The van der Waals surface area contributed by atoms with Crippen LogP contribution in [-0.2, 0) is 12.3 Å². The smallest absolute Gasteiger partial charge is 0.169 e. The Hall–Kier alpha value is -2.51. The summed E-state index contributed by atoms with van der Waals surface area (Å²) in [7, 11) is 0. The van der Waals surface area contributed by atoms with Gasteiger partial charge in [-0.3, -0.25) is 0 Å². The van der Waals surface area contributed by atoms with Crippen LogP contribution < -0.4 is 0 Å². The molecule has 0 saturated heterocycles. The molecule has 0 amide bonds. The zero-order chi connectivity index (χ0) is 15.4. The predicted molar refractivity (Wildman–Crippen MR) is 90.6 cm³/mol. The summed E-state index contributed by atoms with van der Waals surface area (Å²) in [6.07, 6.45) is 1.88. The summed E-state index contributed by atoms with van der Waals surface area (Å²) in [5.74, 6) is 0.788. The lowest BCUT2D eigenvalue weighted by molar-refractivity contribution is 0.748. The summed E-state index contributed by atoms with van der Waals surface area (Å²) in [5.41, 5.74) is 3.94. The number of para-hydroxylation sites is 2. The van der Waals surface area contributed by atoms with Crippen LogP contribution in [0, 0.1) is 11.3 Å². The van der Waals surface area contributed by atoms with Crippen LogP contribution in [-0.4, -0.2) is 9.55 Å². The fraction of sp³-hybridized carbons (Fsp3) is 0.111. The number of rotatable bonds is 5. The molecule has 3 rings (SSSR count). The summed E-state index contributed by atoms with van der Waals surface area (Å²) >= 11 is 1.68. The van der Waals surface area contributed by atoms with E-state index in [0.29, 0.717) is 5.56 Å². The first-order valence-corrected chi connectivity index (χ1v) is 7.98. The molecule has 3 nitrogen and oxygen atoms in total. The van der Waals surface area contributed by atoms with E-state index in [1.54, 1.807) is 11.8 Å². The second kappa shape index (κ2) is 6.50. The van der Waals surface area contributed by atoms with Gasteiger partial charge in [-0.15, -0.1) is 6.58 Å². The molecule has 0 aliphatic carbocycles. The lowest BCUT2D eigenvalue weighted by Crippen LogP contribution is -1.97. The largest absolute Gasteiger partial charge is 0.315 e. The van der Waals surface area contributed by atoms with Crippen LogP contribution in [0.2, 0.25) is 0 Å². The minimum Gasteiger partial charge on any atom is -0.315 e. The van der Waals surface area contributed by atoms with Crippen LogP contribution in [0.3, 0.4) is 0 Å². The molecule has 0 spiro atoms. The van der Waals surface area contributed by atoms with Crippen molar-refractivity contribution in [3.8, 4) is 6.07 Å². The highest BCUT2D eigenvalue weighted by Gasteiger charge is 2.10. The topological polar surface area (TPSA) is 41.6 Å². The van der Waals surface area contributed by atoms with E-state index in [1.165, 1.54) is 0 Å². The Morgan fingerprint density at radius 1 is 1.23 bits per heavy atom. The van der Waals surface area contributed by atoms with Gasteiger partial charge in [-0.1, -0.05) is 42.1 Å². The number of nitrogens with zero attached hydrogens (tertiary/aromatic N) is 3. The zero-order valence-corrected chi connectivity index (χ0v) is 12.9. The molecule has 22 heavy (non-hydrogen) atoms. The first-order chi connectivity index (χ1) is 10.8. The SMILES string of the molecule is C=CCn1c(SCc2cccc(C#N)c2)nc2ccccc21. The summed E-state index contributed by atoms with van der Waals surface area (Å²) in [5, 5.41) is 9.95. The van der Waals surface area contributed by atoms with E-state index in [0.717, 1.165) is 34.1 Å². The third-order valence-electron chi connectivity index (χ3n) is 3.36. The van der Waals surface area contributed by atoms with Crippen LogP contribution in [0.25, 0.3) is 11.0 Å². The first kappa shape index (κ1) is 14.4. The molecule has 0 unspecified atom stereocenters. The highest BCUT2D eigenvalue weighted by molar-refractivity contribution is 7.98. The highest BCUT2D eigenvalue weighted by atomic mass is 32.2. The molecule has 0 aliphatic heterocycles. The highest BCUT2D eigenvalue weighted by Crippen LogP contribution is 2.27. The van der Waals surface area contributed by atoms with Crippen LogP contribution >= 0.6 is 11.8 Å². The Labute approximate surface area is 133 Å². The quantitative estimate of drug-likeness (QED) is 0.518. The lowest BCUT2D eigenvalue weighted by Gasteiger charge is -2.06. The van der Waals surface area contributed by atoms with Crippen LogP contribution in [0.15, 0.2) is 66.3 Å². The van der Waals surface area contributed by atoms with Gasteiger partial charge in [0, 0.05) is 12.3 Å². The van der Waals surface area contributed by atoms with Gasteiger partial charge in [0.15, 0.2) is 5.16 Å². The monoisotopic (exact) mass is 305 g/mol. The Morgan fingerprint density at radius 2 is 2.09 bits per heavy atom. The molecule has 0 bridgehead atoms. The van der Waals surface area contributed by atoms with Gasteiger partial charge < -0.3 is 4.57 Å². The lowest BCUT2D eigenvalue weighted by atomic mass is 10.2. The molecular weight excluding hydrogens is 290 g/mol. The molecule has 3 aromatic rings. The van der Waals surface area contributed by atoms with Crippen molar-refractivity contribution in [2.45, 2.75) is 17.5 Å². The summed E-state index contributed by atoms with van der Waals surface area (Å²) in [6.45, 7) is 4.57. The zero-order valence-electron chi connectivity index (χ0n) is 12.1. The number of hydrogen-bond donors (Lipinski definition) is 0. The van der Waals surface area contributed by atoms with Crippen molar-refractivity contribution >= 4 is 22.8 Å². The van der Waals surface area contributed by atoms with Crippen molar-refractivity contribution in [3.63, 3.8) is 0 Å². The standard InChI is InChI=1S/C18H15N3S/c1-2-10-21-17-9-4-3-8-16(17)20-18(21)22-13-15-7-5-6-14(11-15)12-19/h2-9,11H,1,10,13H2. The van der Waals surface area contributed by atoms with Gasteiger partial charge >= 0.3 is 0 Å². The minimum atomic E-state index is 0.692. The van der Waals surface area contributed by atoms with Crippen molar-refractivity contribution < 1.29 is 0 Å². The van der Waals surface area contributed by atoms with E-state index in [4.69, 9.17) is 10.2 Å². The van der Waals surface area contributed by atoms with E-state index in [9.17, 15) is 0 Å². The number of aromatic nitrogens is 2. The van der Waals surface area contributed by atoms with Crippen molar-refractivity contribution in [3.05, 3.63) is 72.3 Å².